The van der Waals surface area contributed by atoms with E-state index < -0.39 is 0 Å². The van der Waals surface area contributed by atoms with Crippen LogP contribution in [0.1, 0.15) is 62.8 Å². The highest BCUT2D eigenvalue weighted by Gasteiger charge is 2.18. The molecule has 1 heterocycles. The molecule has 7 heteroatoms. The molecule has 0 aliphatic heterocycles. The van der Waals surface area contributed by atoms with Crippen molar-refractivity contribution in [3.05, 3.63) is 35.7 Å². The zero-order valence-corrected chi connectivity index (χ0v) is 16.1. The van der Waals surface area contributed by atoms with E-state index >= 15 is 0 Å². The second-order valence-corrected chi connectivity index (χ2v) is 7.37. The molecule has 0 saturated carbocycles. The minimum Gasteiger partial charge on any atom is -0.325 e. The van der Waals surface area contributed by atoms with E-state index in [9.17, 15) is 9.59 Å². The molecule has 1 amide bonds. The third-order valence-corrected chi connectivity index (χ3v) is 4.57. The SMILES string of the molecule is CC(=O)c1ccc(NC(=O)CSc2nnc(C(C)C)n2C(C)C)cc1. The summed E-state index contributed by atoms with van der Waals surface area (Å²) in [7, 11) is 0. The van der Waals surface area contributed by atoms with Gasteiger partial charge in [0.1, 0.15) is 5.82 Å². The Kier molecular flexibility index (Phi) is 6.36. The van der Waals surface area contributed by atoms with Gasteiger partial charge in [0.15, 0.2) is 10.9 Å². The van der Waals surface area contributed by atoms with Crippen molar-refractivity contribution in [2.75, 3.05) is 11.1 Å². The van der Waals surface area contributed by atoms with Crippen LogP contribution in [0, 0.1) is 0 Å². The van der Waals surface area contributed by atoms with Crippen LogP contribution in [0.5, 0.6) is 0 Å². The van der Waals surface area contributed by atoms with Gasteiger partial charge in [0.05, 0.1) is 5.75 Å². The number of hydrogen-bond acceptors (Lipinski definition) is 5. The summed E-state index contributed by atoms with van der Waals surface area (Å²) in [5.74, 6) is 1.33. The van der Waals surface area contributed by atoms with Gasteiger partial charge in [-0.3, -0.25) is 9.59 Å². The molecular weight excluding hydrogens is 336 g/mol. The summed E-state index contributed by atoms with van der Waals surface area (Å²) in [6.07, 6.45) is 0. The van der Waals surface area contributed by atoms with Gasteiger partial charge in [-0.15, -0.1) is 10.2 Å². The minimum absolute atomic E-state index is 0.00223. The van der Waals surface area contributed by atoms with Crippen molar-refractivity contribution in [3.8, 4) is 0 Å². The number of ketones is 1. The molecule has 2 aromatic rings. The van der Waals surface area contributed by atoms with Crippen molar-refractivity contribution in [1.29, 1.82) is 0 Å². The molecule has 134 valence electrons. The first-order chi connectivity index (χ1) is 11.8. The van der Waals surface area contributed by atoms with E-state index in [2.05, 4.69) is 47.8 Å². The summed E-state index contributed by atoms with van der Waals surface area (Å²) >= 11 is 1.37. The predicted octanol–water partition coefficient (Wildman–Crippen LogP) is 3.92. The number of thioether (sulfide) groups is 1. The first-order valence-corrected chi connectivity index (χ1v) is 9.26. The van der Waals surface area contributed by atoms with Crippen molar-refractivity contribution < 1.29 is 9.59 Å². The van der Waals surface area contributed by atoms with E-state index in [4.69, 9.17) is 0 Å². The Morgan fingerprint density at radius 2 is 1.76 bits per heavy atom. The number of rotatable bonds is 7. The molecule has 0 aliphatic rings. The van der Waals surface area contributed by atoms with E-state index in [0.29, 0.717) is 11.3 Å². The molecule has 1 aromatic carbocycles. The van der Waals surface area contributed by atoms with Crippen LogP contribution in [0.15, 0.2) is 29.4 Å². The number of nitrogens with zero attached hydrogens (tertiary/aromatic N) is 3. The van der Waals surface area contributed by atoms with Crippen LogP contribution >= 0.6 is 11.8 Å². The predicted molar refractivity (Wildman–Crippen MR) is 100 cm³/mol. The highest BCUT2D eigenvalue weighted by molar-refractivity contribution is 7.99. The monoisotopic (exact) mass is 360 g/mol. The fourth-order valence-electron chi connectivity index (χ4n) is 2.38. The Bertz CT molecular complexity index is 751. The van der Waals surface area contributed by atoms with Crippen molar-refractivity contribution in [2.24, 2.45) is 0 Å². The lowest BCUT2D eigenvalue weighted by molar-refractivity contribution is -0.113. The lowest BCUT2D eigenvalue weighted by Gasteiger charge is -2.15. The standard InChI is InChI=1S/C18H24N4O2S/c1-11(2)17-20-21-18(22(17)12(3)4)25-10-16(24)19-15-8-6-14(7-9-15)13(5)23/h6-9,11-12H,10H2,1-5H3,(H,19,24). The molecule has 2 rings (SSSR count). The molecule has 1 N–H and O–H groups in total. The first kappa shape index (κ1) is 19.2. The molecule has 0 bridgehead atoms. The smallest absolute Gasteiger partial charge is 0.234 e. The normalized spacial score (nSPS) is 11.2. The maximum Gasteiger partial charge on any atom is 0.234 e. The summed E-state index contributed by atoms with van der Waals surface area (Å²) in [5.41, 5.74) is 1.29. The fraction of sp³-hybridized carbons (Fsp3) is 0.444. The highest BCUT2D eigenvalue weighted by Crippen LogP contribution is 2.25. The Morgan fingerprint density at radius 1 is 1.12 bits per heavy atom. The quantitative estimate of drug-likeness (QED) is 0.598. The van der Waals surface area contributed by atoms with Crippen LogP contribution in [-0.4, -0.2) is 32.2 Å². The van der Waals surface area contributed by atoms with E-state index in [0.717, 1.165) is 11.0 Å². The van der Waals surface area contributed by atoms with Gasteiger partial charge in [0.2, 0.25) is 5.91 Å². The van der Waals surface area contributed by atoms with Gasteiger partial charge < -0.3 is 9.88 Å². The number of benzene rings is 1. The van der Waals surface area contributed by atoms with Crippen LogP contribution in [0.25, 0.3) is 0 Å². The van der Waals surface area contributed by atoms with Gasteiger partial charge in [-0.2, -0.15) is 0 Å². The second-order valence-electron chi connectivity index (χ2n) is 6.43. The Labute approximate surface area is 152 Å². The Hall–Kier alpha value is -2.15. The number of carbonyl (C=O) groups is 2. The van der Waals surface area contributed by atoms with E-state index in [1.54, 1.807) is 24.3 Å². The molecule has 6 nitrogen and oxygen atoms in total. The van der Waals surface area contributed by atoms with Gasteiger partial charge >= 0.3 is 0 Å². The zero-order chi connectivity index (χ0) is 18.6. The zero-order valence-electron chi connectivity index (χ0n) is 15.2. The summed E-state index contributed by atoms with van der Waals surface area (Å²) in [6, 6.07) is 7.10. The van der Waals surface area contributed by atoms with Gasteiger partial charge in [0.25, 0.3) is 0 Å². The summed E-state index contributed by atoms with van der Waals surface area (Å²) < 4.78 is 2.07. The van der Waals surface area contributed by atoms with Crippen LogP contribution < -0.4 is 5.32 Å². The number of nitrogens with one attached hydrogen (secondary N) is 1. The molecule has 0 radical (unpaired) electrons. The Morgan fingerprint density at radius 3 is 2.28 bits per heavy atom. The van der Waals surface area contributed by atoms with Crippen molar-refractivity contribution in [3.63, 3.8) is 0 Å². The van der Waals surface area contributed by atoms with Gasteiger partial charge in [-0.25, -0.2) is 0 Å². The highest BCUT2D eigenvalue weighted by atomic mass is 32.2. The topological polar surface area (TPSA) is 76.9 Å². The van der Waals surface area contributed by atoms with Gasteiger partial charge in [-0.05, 0) is 45.0 Å². The number of carbonyl (C=O) groups excluding carboxylic acids is 2. The van der Waals surface area contributed by atoms with Crippen LogP contribution in [-0.2, 0) is 4.79 Å². The average molecular weight is 360 g/mol. The molecule has 0 unspecified atom stereocenters. The molecule has 1 aromatic heterocycles. The lowest BCUT2D eigenvalue weighted by atomic mass is 10.1. The molecule has 0 atom stereocenters. The first-order valence-electron chi connectivity index (χ1n) is 8.28. The number of anilines is 1. The van der Waals surface area contributed by atoms with E-state index in [1.807, 2.05) is 0 Å². The maximum atomic E-state index is 12.2. The molecule has 0 fully saturated rings. The van der Waals surface area contributed by atoms with Gasteiger partial charge in [-0.1, -0.05) is 25.6 Å². The number of aromatic nitrogens is 3. The molecular formula is C18H24N4O2S. The molecule has 0 saturated heterocycles. The third kappa shape index (κ3) is 4.92. The lowest BCUT2D eigenvalue weighted by Crippen LogP contribution is -2.15. The fourth-order valence-corrected chi connectivity index (χ4v) is 3.26. The molecule has 25 heavy (non-hydrogen) atoms. The Balaban J connectivity index is 1.99. The second kappa shape index (κ2) is 8.29. The summed E-state index contributed by atoms with van der Waals surface area (Å²) in [6.45, 7) is 9.83. The van der Waals surface area contributed by atoms with Crippen LogP contribution in [0.4, 0.5) is 5.69 Å². The van der Waals surface area contributed by atoms with Crippen molar-refractivity contribution in [1.82, 2.24) is 14.8 Å². The molecule has 0 spiro atoms. The molecule has 0 aliphatic carbocycles. The van der Waals surface area contributed by atoms with Gasteiger partial charge in [0, 0.05) is 23.2 Å². The van der Waals surface area contributed by atoms with Crippen molar-refractivity contribution in [2.45, 2.75) is 51.7 Å². The summed E-state index contributed by atoms with van der Waals surface area (Å²) in [5, 5.41) is 12.1. The largest absolute Gasteiger partial charge is 0.325 e. The van der Waals surface area contributed by atoms with Crippen LogP contribution in [0.2, 0.25) is 0 Å². The third-order valence-electron chi connectivity index (χ3n) is 3.63. The van der Waals surface area contributed by atoms with Crippen molar-refractivity contribution >= 4 is 29.1 Å². The number of Topliss-reactive ketones (excluding diaryl/α,β-unsaturated/α-hetero) is 1. The maximum absolute atomic E-state index is 12.2. The summed E-state index contributed by atoms with van der Waals surface area (Å²) in [4.78, 5) is 23.4. The van der Waals surface area contributed by atoms with Crippen LogP contribution in [0.3, 0.4) is 0 Å². The van der Waals surface area contributed by atoms with E-state index in [-0.39, 0.29) is 29.4 Å². The average Bonchev–Trinajstić information content (AvgIpc) is 2.98. The number of hydrogen-bond donors (Lipinski definition) is 1. The minimum atomic E-state index is -0.120. The van der Waals surface area contributed by atoms with E-state index in [1.165, 1.54) is 18.7 Å². The number of amides is 1.